The Morgan fingerprint density at radius 2 is 1.94 bits per heavy atom. The van der Waals surface area contributed by atoms with Crippen LogP contribution in [-0.2, 0) is 22.7 Å². The van der Waals surface area contributed by atoms with Crippen molar-refractivity contribution in [1.29, 1.82) is 0 Å². The van der Waals surface area contributed by atoms with Gasteiger partial charge in [-0.1, -0.05) is 26.3 Å². The molecule has 14 nitrogen and oxygen atoms in total. The number of fused-ring (bicyclic) bond motifs is 3. The van der Waals surface area contributed by atoms with E-state index in [-0.39, 0.29) is 46.3 Å². The van der Waals surface area contributed by atoms with Crippen LogP contribution in [0.2, 0.25) is 0 Å². The first kappa shape index (κ1) is 33.3. The van der Waals surface area contributed by atoms with E-state index in [1.54, 1.807) is 14.1 Å². The van der Waals surface area contributed by atoms with E-state index >= 15 is 4.39 Å². The molecule has 51 heavy (non-hydrogen) atoms. The summed E-state index contributed by atoms with van der Waals surface area (Å²) in [4.78, 5) is 49.2. The summed E-state index contributed by atoms with van der Waals surface area (Å²) >= 11 is 3.47. The van der Waals surface area contributed by atoms with Gasteiger partial charge in [-0.15, -0.1) is 5.10 Å². The lowest BCUT2D eigenvalue weighted by molar-refractivity contribution is -0.112. The number of carbonyl (C=O) groups is 2. The molecule has 4 aromatic rings. The van der Waals surface area contributed by atoms with E-state index in [1.165, 1.54) is 26.5 Å². The molecule has 1 aliphatic carbocycles. The number of anilines is 2. The number of halogens is 2. The summed E-state index contributed by atoms with van der Waals surface area (Å²) in [6.07, 6.45) is 6.93. The maximum absolute atomic E-state index is 16.1. The zero-order valence-electron chi connectivity index (χ0n) is 28.1. The van der Waals surface area contributed by atoms with Crippen molar-refractivity contribution in [3.63, 3.8) is 0 Å². The van der Waals surface area contributed by atoms with Crippen LogP contribution >= 0.6 is 15.9 Å². The summed E-state index contributed by atoms with van der Waals surface area (Å²) < 4.78 is 26.3. The van der Waals surface area contributed by atoms with Gasteiger partial charge >= 0.3 is 5.97 Å². The third-order valence-electron chi connectivity index (χ3n) is 10.4. The Labute approximate surface area is 300 Å². The summed E-state index contributed by atoms with van der Waals surface area (Å²) in [5.74, 6) is -1.65. The quantitative estimate of drug-likeness (QED) is 0.235. The van der Waals surface area contributed by atoms with Gasteiger partial charge in [0.05, 0.1) is 35.9 Å². The van der Waals surface area contributed by atoms with Crippen molar-refractivity contribution in [3.05, 3.63) is 74.0 Å². The van der Waals surface area contributed by atoms with Crippen LogP contribution in [0.4, 0.5) is 15.8 Å². The number of benzene rings is 2. The number of carbonyl (C=O) groups excluding carboxylic acids is 1. The molecule has 1 amide bonds. The second-order valence-corrected chi connectivity index (χ2v) is 14.4. The van der Waals surface area contributed by atoms with Crippen LogP contribution in [0.25, 0.3) is 10.9 Å². The number of ether oxygens (including phenoxy) is 1. The van der Waals surface area contributed by atoms with Crippen LogP contribution in [0, 0.1) is 11.7 Å². The van der Waals surface area contributed by atoms with E-state index in [1.807, 2.05) is 29.3 Å². The monoisotopic (exact) mass is 762 g/mol. The van der Waals surface area contributed by atoms with E-state index in [4.69, 9.17) is 9.57 Å². The number of carboxylic acid groups (broad SMARTS) is 1. The average molecular weight is 764 g/mol. The zero-order chi connectivity index (χ0) is 35.6. The Hall–Kier alpha value is -4.83. The third-order valence-corrected chi connectivity index (χ3v) is 10.9. The van der Waals surface area contributed by atoms with Gasteiger partial charge in [0, 0.05) is 60.7 Å². The van der Waals surface area contributed by atoms with Gasteiger partial charge in [0.25, 0.3) is 5.91 Å². The molecule has 3 aliphatic heterocycles. The predicted molar refractivity (Wildman–Crippen MR) is 189 cm³/mol. The predicted octanol–water partition coefficient (Wildman–Crippen LogP) is 4.03. The van der Waals surface area contributed by atoms with Crippen LogP contribution in [0.15, 0.2) is 51.1 Å². The number of pyridine rings is 1. The number of rotatable bonds is 10. The number of likely N-dealkylation sites (tertiary alicyclic amines) is 1. The fourth-order valence-electron chi connectivity index (χ4n) is 7.99. The second-order valence-electron chi connectivity index (χ2n) is 13.5. The lowest BCUT2D eigenvalue weighted by Gasteiger charge is -2.36. The number of nitrogens with zero attached hydrogens (tertiary/aromatic N) is 8. The van der Waals surface area contributed by atoms with Crippen LogP contribution in [-0.4, -0.2) is 93.6 Å². The maximum atomic E-state index is 16.1. The lowest BCUT2D eigenvalue weighted by atomic mass is 9.92. The van der Waals surface area contributed by atoms with Gasteiger partial charge in [-0.05, 0) is 62.4 Å². The fraction of sp³-hybridized carbons (Fsp3) is 0.429. The molecule has 3 fully saturated rings. The molecule has 2 saturated heterocycles. The standard InChI is InChI=1S/C35H36BrFN8O6/c1-50-33-30-24(32(46)25(35(48)49)17-45(30)22-6-7-22)13-26(37)31(33)42-14-19-4-3-9-41(28(19)18-42)15-21-16-43(40-38-21)10-11-44-27-8-5-20(36)12-23(27)29(34(44)47)39-51-2/h5,8,12-13,16-17,19,22,28H,3-4,6-7,9-11,14-15,18H2,1-2H3,(H,48,49)/b39-29+/t19-,28+/m0/s1. The van der Waals surface area contributed by atoms with Gasteiger partial charge in [-0.25, -0.2) is 9.18 Å². The van der Waals surface area contributed by atoms with Crippen molar-refractivity contribution in [1.82, 2.24) is 24.5 Å². The molecule has 0 spiro atoms. The molecule has 0 radical (unpaired) electrons. The molecule has 266 valence electrons. The molecule has 16 heteroatoms. The highest BCUT2D eigenvalue weighted by Crippen LogP contribution is 2.46. The highest BCUT2D eigenvalue weighted by atomic mass is 79.9. The molecule has 0 unspecified atom stereocenters. The van der Waals surface area contributed by atoms with E-state index in [9.17, 15) is 19.5 Å². The topological polar surface area (TPSA) is 148 Å². The number of methoxy groups -OCH3 is 1. The molecular formula is C35H36BrFN8O6. The number of oxime groups is 1. The number of amides is 1. The number of aromatic carboxylic acids is 1. The highest BCUT2D eigenvalue weighted by Gasteiger charge is 2.42. The van der Waals surface area contributed by atoms with E-state index in [0.717, 1.165) is 48.1 Å². The molecule has 1 N–H and O–H groups in total. The Balaban J connectivity index is 1.00. The van der Waals surface area contributed by atoms with Crippen molar-refractivity contribution in [3.8, 4) is 5.75 Å². The summed E-state index contributed by atoms with van der Waals surface area (Å²) in [5.41, 5.74) is 2.14. The first-order valence-corrected chi connectivity index (χ1v) is 17.8. The smallest absolute Gasteiger partial charge is 0.341 e. The van der Waals surface area contributed by atoms with Gasteiger partial charge in [0.2, 0.25) is 5.43 Å². The first-order chi connectivity index (χ1) is 24.7. The Bertz CT molecular complexity index is 2170. The minimum Gasteiger partial charge on any atom is -0.492 e. The van der Waals surface area contributed by atoms with Gasteiger partial charge in [-0.3, -0.25) is 19.2 Å². The lowest BCUT2D eigenvalue weighted by Crippen LogP contribution is -2.44. The average Bonchev–Trinajstić information content (AvgIpc) is 3.61. The van der Waals surface area contributed by atoms with Crippen LogP contribution in [0.3, 0.4) is 0 Å². The molecule has 2 aromatic heterocycles. The van der Waals surface area contributed by atoms with Gasteiger partial charge < -0.3 is 29.0 Å². The molecule has 8 rings (SSSR count). The third kappa shape index (κ3) is 5.83. The molecular weight excluding hydrogens is 727 g/mol. The van der Waals surface area contributed by atoms with Gasteiger partial charge in [0.15, 0.2) is 17.3 Å². The van der Waals surface area contributed by atoms with Crippen molar-refractivity contribution in [2.75, 3.05) is 50.2 Å². The van der Waals surface area contributed by atoms with Crippen molar-refractivity contribution in [2.24, 2.45) is 11.1 Å². The molecule has 4 aliphatic rings. The summed E-state index contributed by atoms with van der Waals surface area (Å²) in [7, 11) is 2.88. The van der Waals surface area contributed by atoms with Crippen molar-refractivity contribution < 1.29 is 28.7 Å². The maximum Gasteiger partial charge on any atom is 0.341 e. The summed E-state index contributed by atoms with van der Waals surface area (Å²) in [6, 6.07) is 6.94. The first-order valence-electron chi connectivity index (χ1n) is 17.0. The minimum absolute atomic E-state index is 0.0103. The minimum atomic E-state index is -1.34. The van der Waals surface area contributed by atoms with Crippen LogP contribution in [0.1, 0.15) is 53.3 Å². The van der Waals surface area contributed by atoms with Crippen LogP contribution < -0.4 is 20.0 Å². The molecule has 5 heterocycles. The number of carboxylic acids is 1. The normalized spacial score (nSPS) is 21.1. The molecule has 0 bridgehead atoms. The number of aromatic nitrogens is 4. The Morgan fingerprint density at radius 1 is 1.12 bits per heavy atom. The van der Waals surface area contributed by atoms with Gasteiger partial charge in [-0.2, -0.15) is 0 Å². The highest BCUT2D eigenvalue weighted by molar-refractivity contribution is 9.10. The van der Waals surface area contributed by atoms with E-state index in [0.29, 0.717) is 49.5 Å². The number of piperidine rings is 1. The number of hydrogen-bond donors (Lipinski definition) is 1. The fourth-order valence-corrected chi connectivity index (χ4v) is 8.36. The van der Waals surface area contributed by atoms with E-state index in [2.05, 4.69) is 36.3 Å². The second kappa shape index (κ2) is 13.1. The van der Waals surface area contributed by atoms with E-state index < -0.39 is 17.2 Å². The Morgan fingerprint density at radius 3 is 2.69 bits per heavy atom. The van der Waals surface area contributed by atoms with Crippen molar-refractivity contribution in [2.45, 2.75) is 50.9 Å². The zero-order valence-corrected chi connectivity index (χ0v) is 29.7. The molecule has 1 saturated carbocycles. The summed E-state index contributed by atoms with van der Waals surface area (Å²) in [6.45, 7) is 3.38. The van der Waals surface area contributed by atoms with Crippen molar-refractivity contribution >= 4 is 55.8 Å². The van der Waals surface area contributed by atoms with Crippen LogP contribution in [0.5, 0.6) is 5.75 Å². The largest absolute Gasteiger partial charge is 0.492 e. The Kier molecular flexibility index (Phi) is 8.53. The molecule has 2 aromatic carbocycles. The number of hydrogen-bond acceptors (Lipinski definition) is 10. The SMILES string of the molecule is CO/N=C1/C(=O)N(CCn2cc(CN3CCC[C@H]4CN(c5c(F)cc6c(=O)c(C(=O)O)cn(C7CC7)c6c5OC)C[C@H]43)nn2)c2ccc(Br)cc21. The molecule has 2 atom stereocenters. The van der Waals surface area contributed by atoms with Gasteiger partial charge in [0.1, 0.15) is 18.4 Å². The summed E-state index contributed by atoms with van der Waals surface area (Å²) in [5, 5.41) is 22.5.